The standard InChI is InChI=1S/C19H18FN3O2S/c1-2-3-12-25-16-10-6-13(7-11-16)17(24)21-19-23-22-18(26-19)14-4-8-15(20)9-5-14/h4-11H,2-3,12H2,1H3,(H,21,23,24). The highest BCUT2D eigenvalue weighted by molar-refractivity contribution is 7.18. The summed E-state index contributed by atoms with van der Waals surface area (Å²) in [6, 6.07) is 12.9. The molecule has 1 heterocycles. The van der Waals surface area contributed by atoms with Crippen molar-refractivity contribution in [2.24, 2.45) is 0 Å². The van der Waals surface area contributed by atoms with E-state index in [1.54, 1.807) is 36.4 Å². The number of benzene rings is 2. The second kappa shape index (κ2) is 8.53. The molecule has 0 unspecified atom stereocenters. The summed E-state index contributed by atoms with van der Waals surface area (Å²) in [4.78, 5) is 12.3. The molecule has 26 heavy (non-hydrogen) atoms. The number of unbranched alkanes of at least 4 members (excludes halogenated alkanes) is 1. The van der Waals surface area contributed by atoms with E-state index in [1.807, 2.05) is 0 Å². The summed E-state index contributed by atoms with van der Waals surface area (Å²) in [5.41, 5.74) is 1.25. The minimum atomic E-state index is -0.311. The van der Waals surface area contributed by atoms with Gasteiger partial charge in [0.2, 0.25) is 5.13 Å². The highest BCUT2D eigenvalue weighted by atomic mass is 32.1. The van der Waals surface area contributed by atoms with Crippen molar-refractivity contribution >= 4 is 22.4 Å². The van der Waals surface area contributed by atoms with E-state index in [1.165, 1.54) is 23.5 Å². The Labute approximate surface area is 154 Å². The van der Waals surface area contributed by atoms with Crippen LogP contribution in [-0.4, -0.2) is 22.7 Å². The predicted molar refractivity (Wildman–Crippen MR) is 100 cm³/mol. The molecule has 0 aliphatic heterocycles. The third-order valence-corrected chi connectivity index (χ3v) is 4.51. The number of carbonyl (C=O) groups is 1. The largest absolute Gasteiger partial charge is 0.494 e. The molecule has 0 saturated carbocycles. The molecule has 0 bridgehead atoms. The summed E-state index contributed by atoms with van der Waals surface area (Å²) in [5.74, 6) is 0.158. The molecule has 1 N–H and O–H groups in total. The van der Waals surface area contributed by atoms with Crippen molar-refractivity contribution in [3.63, 3.8) is 0 Å². The molecule has 134 valence electrons. The van der Waals surface area contributed by atoms with Gasteiger partial charge in [-0.25, -0.2) is 4.39 Å². The number of nitrogens with one attached hydrogen (secondary N) is 1. The van der Waals surface area contributed by atoms with Gasteiger partial charge in [0.1, 0.15) is 16.6 Å². The smallest absolute Gasteiger partial charge is 0.257 e. The molecule has 7 heteroatoms. The van der Waals surface area contributed by atoms with Crippen molar-refractivity contribution in [1.82, 2.24) is 10.2 Å². The first kappa shape index (κ1) is 18.0. The number of hydrogen-bond donors (Lipinski definition) is 1. The first-order chi connectivity index (χ1) is 12.7. The van der Waals surface area contributed by atoms with Crippen molar-refractivity contribution in [2.75, 3.05) is 11.9 Å². The molecule has 2 aromatic carbocycles. The van der Waals surface area contributed by atoms with Gasteiger partial charge in [-0.3, -0.25) is 10.1 Å². The molecule has 0 fully saturated rings. The van der Waals surface area contributed by atoms with Gasteiger partial charge in [-0.05, 0) is 55.0 Å². The van der Waals surface area contributed by atoms with Gasteiger partial charge in [0.15, 0.2) is 0 Å². The molecule has 5 nitrogen and oxygen atoms in total. The number of amides is 1. The topological polar surface area (TPSA) is 64.1 Å². The summed E-state index contributed by atoms with van der Waals surface area (Å²) in [5, 5.41) is 11.7. The van der Waals surface area contributed by atoms with Gasteiger partial charge in [0.05, 0.1) is 6.61 Å². The molecular weight excluding hydrogens is 353 g/mol. The molecule has 1 amide bonds. The Hall–Kier alpha value is -2.80. The minimum absolute atomic E-state index is 0.271. The van der Waals surface area contributed by atoms with E-state index in [-0.39, 0.29) is 11.7 Å². The molecule has 0 spiro atoms. The van der Waals surface area contributed by atoms with Crippen molar-refractivity contribution in [2.45, 2.75) is 19.8 Å². The molecule has 0 radical (unpaired) electrons. The Morgan fingerprint density at radius 1 is 1.12 bits per heavy atom. The zero-order chi connectivity index (χ0) is 18.4. The third-order valence-electron chi connectivity index (χ3n) is 3.62. The second-order valence-corrected chi connectivity index (χ2v) is 6.58. The second-order valence-electron chi connectivity index (χ2n) is 5.60. The molecule has 1 aromatic heterocycles. The predicted octanol–water partition coefficient (Wildman–Crippen LogP) is 4.78. The van der Waals surface area contributed by atoms with Crippen LogP contribution >= 0.6 is 11.3 Å². The lowest BCUT2D eigenvalue weighted by Crippen LogP contribution is -2.11. The molecule has 0 aliphatic carbocycles. The summed E-state index contributed by atoms with van der Waals surface area (Å²) >= 11 is 1.23. The van der Waals surface area contributed by atoms with Gasteiger partial charge in [-0.1, -0.05) is 24.7 Å². The molecule has 0 saturated heterocycles. The van der Waals surface area contributed by atoms with E-state index in [0.29, 0.717) is 22.3 Å². The van der Waals surface area contributed by atoms with Crippen LogP contribution in [0.25, 0.3) is 10.6 Å². The van der Waals surface area contributed by atoms with Gasteiger partial charge < -0.3 is 4.74 Å². The Morgan fingerprint density at radius 3 is 2.54 bits per heavy atom. The van der Waals surface area contributed by atoms with E-state index in [9.17, 15) is 9.18 Å². The molecular formula is C19H18FN3O2S. The average Bonchev–Trinajstić information content (AvgIpc) is 3.11. The number of anilines is 1. The van der Waals surface area contributed by atoms with Crippen molar-refractivity contribution in [3.05, 3.63) is 59.9 Å². The van der Waals surface area contributed by atoms with Crippen LogP contribution in [-0.2, 0) is 0 Å². The number of ether oxygens (including phenoxy) is 1. The first-order valence-electron chi connectivity index (χ1n) is 8.29. The lowest BCUT2D eigenvalue weighted by atomic mass is 10.2. The van der Waals surface area contributed by atoms with E-state index >= 15 is 0 Å². The molecule has 0 aliphatic rings. The minimum Gasteiger partial charge on any atom is -0.494 e. The fourth-order valence-electron chi connectivity index (χ4n) is 2.19. The first-order valence-corrected chi connectivity index (χ1v) is 9.11. The number of nitrogens with zero attached hydrogens (tertiary/aromatic N) is 2. The number of carbonyl (C=O) groups excluding carboxylic acids is 1. The van der Waals surface area contributed by atoms with E-state index < -0.39 is 0 Å². The molecule has 3 aromatic rings. The third kappa shape index (κ3) is 4.64. The van der Waals surface area contributed by atoms with Crippen LogP contribution in [0.1, 0.15) is 30.1 Å². The van der Waals surface area contributed by atoms with Crippen LogP contribution < -0.4 is 10.1 Å². The Balaban J connectivity index is 1.62. The lowest BCUT2D eigenvalue weighted by molar-refractivity contribution is 0.102. The summed E-state index contributed by atoms with van der Waals surface area (Å²) in [6.07, 6.45) is 2.07. The zero-order valence-electron chi connectivity index (χ0n) is 14.2. The summed E-state index contributed by atoms with van der Waals surface area (Å²) in [6.45, 7) is 2.77. The van der Waals surface area contributed by atoms with E-state index in [0.717, 1.165) is 24.2 Å². The number of hydrogen-bond acceptors (Lipinski definition) is 5. The van der Waals surface area contributed by atoms with Crippen LogP contribution in [0.2, 0.25) is 0 Å². The van der Waals surface area contributed by atoms with Crippen LogP contribution in [0.5, 0.6) is 5.75 Å². The van der Waals surface area contributed by atoms with E-state index in [4.69, 9.17) is 4.74 Å². The highest BCUT2D eigenvalue weighted by Crippen LogP contribution is 2.26. The summed E-state index contributed by atoms with van der Waals surface area (Å²) in [7, 11) is 0. The Bertz CT molecular complexity index is 863. The average molecular weight is 371 g/mol. The van der Waals surface area contributed by atoms with Crippen LogP contribution in [0.15, 0.2) is 48.5 Å². The monoisotopic (exact) mass is 371 g/mol. The molecule has 0 atom stereocenters. The van der Waals surface area contributed by atoms with Gasteiger partial charge >= 0.3 is 0 Å². The fourth-order valence-corrected chi connectivity index (χ4v) is 2.93. The van der Waals surface area contributed by atoms with Crippen molar-refractivity contribution in [3.8, 4) is 16.3 Å². The van der Waals surface area contributed by atoms with Crippen LogP contribution in [0, 0.1) is 5.82 Å². The van der Waals surface area contributed by atoms with Crippen LogP contribution in [0.4, 0.5) is 9.52 Å². The SMILES string of the molecule is CCCCOc1ccc(C(=O)Nc2nnc(-c3ccc(F)cc3)s2)cc1. The summed E-state index contributed by atoms with van der Waals surface area (Å²) < 4.78 is 18.6. The maximum Gasteiger partial charge on any atom is 0.257 e. The molecule has 3 rings (SSSR count). The number of halogens is 1. The van der Waals surface area contributed by atoms with E-state index in [2.05, 4.69) is 22.4 Å². The number of aromatic nitrogens is 2. The van der Waals surface area contributed by atoms with Crippen LogP contribution in [0.3, 0.4) is 0 Å². The van der Waals surface area contributed by atoms with Gasteiger partial charge in [-0.15, -0.1) is 10.2 Å². The Kier molecular flexibility index (Phi) is 5.91. The van der Waals surface area contributed by atoms with Gasteiger partial charge in [-0.2, -0.15) is 0 Å². The van der Waals surface area contributed by atoms with Crippen molar-refractivity contribution < 1.29 is 13.9 Å². The maximum atomic E-state index is 13.0. The Morgan fingerprint density at radius 2 is 1.85 bits per heavy atom. The lowest BCUT2D eigenvalue weighted by Gasteiger charge is -2.06. The van der Waals surface area contributed by atoms with Gasteiger partial charge in [0.25, 0.3) is 5.91 Å². The number of rotatable bonds is 7. The van der Waals surface area contributed by atoms with Gasteiger partial charge in [0, 0.05) is 11.1 Å². The fraction of sp³-hybridized carbons (Fsp3) is 0.211. The quantitative estimate of drug-likeness (QED) is 0.607. The zero-order valence-corrected chi connectivity index (χ0v) is 15.1. The normalized spacial score (nSPS) is 10.5. The highest BCUT2D eigenvalue weighted by Gasteiger charge is 2.11. The van der Waals surface area contributed by atoms with Crippen molar-refractivity contribution in [1.29, 1.82) is 0 Å². The maximum absolute atomic E-state index is 13.0.